The van der Waals surface area contributed by atoms with Crippen LogP contribution in [0, 0.1) is 17.7 Å². The average molecular weight is 251 g/mol. The van der Waals surface area contributed by atoms with E-state index in [0.29, 0.717) is 5.92 Å². The molecular formula is C16H26FN. The van der Waals surface area contributed by atoms with Crippen LogP contribution in [-0.4, -0.2) is 13.1 Å². The highest BCUT2D eigenvalue weighted by molar-refractivity contribution is 5.16. The Morgan fingerprint density at radius 1 is 1.22 bits per heavy atom. The number of nitrogens with one attached hydrogen (secondary N) is 1. The summed E-state index contributed by atoms with van der Waals surface area (Å²) in [4.78, 5) is 0. The van der Waals surface area contributed by atoms with Gasteiger partial charge in [0.1, 0.15) is 5.82 Å². The minimum Gasteiger partial charge on any atom is -0.317 e. The lowest BCUT2D eigenvalue weighted by Crippen LogP contribution is -2.24. The Hall–Kier alpha value is -0.890. The second kappa shape index (κ2) is 8.25. The summed E-state index contributed by atoms with van der Waals surface area (Å²) in [6.07, 6.45) is 3.42. The fourth-order valence-corrected chi connectivity index (χ4v) is 2.19. The van der Waals surface area contributed by atoms with Crippen LogP contribution in [0.2, 0.25) is 0 Å². The summed E-state index contributed by atoms with van der Waals surface area (Å²) in [7, 11) is 0. The molecule has 0 saturated carbocycles. The molecule has 1 N–H and O–H groups in total. The molecule has 0 amide bonds. The van der Waals surface area contributed by atoms with Crippen LogP contribution in [0.4, 0.5) is 4.39 Å². The van der Waals surface area contributed by atoms with Gasteiger partial charge in [-0.15, -0.1) is 0 Å². The Bertz CT molecular complexity index is 336. The van der Waals surface area contributed by atoms with Gasteiger partial charge in [0, 0.05) is 0 Å². The molecule has 0 aliphatic heterocycles. The van der Waals surface area contributed by atoms with Crippen LogP contribution in [0.1, 0.15) is 39.2 Å². The highest BCUT2D eigenvalue weighted by atomic mass is 19.1. The molecule has 0 aliphatic rings. The lowest BCUT2D eigenvalue weighted by Gasteiger charge is -2.18. The van der Waals surface area contributed by atoms with Crippen LogP contribution in [0.3, 0.4) is 0 Å². The van der Waals surface area contributed by atoms with Crippen molar-refractivity contribution in [1.29, 1.82) is 0 Å². The van der Waals surface area contributed by atoms with E-state index in [0.717, 1.165) is 31.0 Å². The molecule has 0 saturated heterocycles. The molecule has 0 heterocycles. The van der Waals surface area contributed by atoms with Crippen molar-refractivity contribution in [3.63, 3.8) is 0 Å². The highest BCUT2D eigenvalue weighted by Gasteiger charge is 2.10. The van der Waals surface area contributed by atoms with Crippen LogP contribution in [0.15, 0.2) is 24.3 Å². The van der Waals surface area contributed by atoms with E-state index < -0.39 is 0 Å². The van der Waals surface area contributed by atoms with Crippen molar-refractivity contribution in [3.05, 3.63) is 35.6 Å². The third kappa shape index (κ3) is 6.15. The van der Waals surface area contributed by atoms with Crippen LogP contribution in [0.5, 0.6) is 0 Å². The Morgan fingerprint density at radius 2 is 2.00 bits per heavy atom. The van der Waals surface area contributed by atoms with E-state index >= 15 is 0 Å². The lowest BCUT2D eigenvalue weighted by atomic mass is 9.92. The number of halogens is 1. The average Bonchev–Trinajstić information content (AvgIpc) is 2.32. The smallest absolute Gasteiger partial charge is 0.123 e. The standard InChI is InChI=1S/C16H26FN/c1-4-18-12-15(9-8-13(2)3)10-14-6-5-7-16(17)11-14/h5-7,11,13,15,18H,4,8-10,12H2,1-3H3. The minimum atomic E-state index is -0.126. The van der Waals surface area contributed by atoms with E-state index in [4.69, 9.17) is 0 Å². The molecule has 0 spiro atoms. The van der Waals surface area contributed by atoms with Gasteiger partial charge in [0.15, 0.2) is 0 Å². The Kier molecular flexibility index (Phi) is 6.96. The second-order valence-electron chi connectivity index (χ2n) is 5.48. The van der Waals surface area contributed by atoms with Crippen LogP contribution in [-0.2, 0) is 6.42 Å². The van der Waals surface area contributed by atoms with Gasteiger partial charge >= 0.3 is 0 Å². The molecule has 1 aromatic rings. The maximum Gasteiger partial charge on any atom is 0.123 e. The SMILES string of the molecule is CCNCC(CCC(C)C)Cc1cccc(F)c1. The van der Waals surface area contributed by atoms with Gasteiger partial charge in [-0.1, -0.05) is 39.3 Å². The van der Waals surface area contributed by atoms with Crippen molar-refractivity contribution in [2.75, 3.05) is 13.1 Å². The molecular weight excluding hydrogens is 225 g/mol. The molecule has 0 aromatic heterocycles. The van der Waals surface area contributed by atoms with Gasteiger partial charge in [-0.05, 0) is 55.5 Å². The fraction of sp³-hybridized carbons (Fsp3) is 0.625. The molecule has 1 rings (SSSR count). The van der Waals surface area contributed by atoms with Gasteiger partial charge in [0.05, 0.1) is 0 Å². The van der Waals surface area contributed by atoms with Gasteiger partial charge < -0.3 is 5.32 Å². The monoisotopic (exact) mass is 251 g/mol. The molecule has 1 unspecified atom stereocenters. The maximum absolute atomic E-state index is 13.2. The summed E-state index contributed by atoms with van der Waals surface area (Å²) in [5.41, 5.74) is 1.11. The Morgan fingerprint density at radius 3 is 2.61 bits per heavy atom. The number of benzene rings is 1. The quantitative estimate of drug-likeness (QED) is 0.735. The van der Waals surface area contributed by atoms with E-state index in [9.17, 15) is 4.39 Å². The zero-order chi connectivity index (χ0) is 13.4. The summed E-state index contributed by atoms with van der Waals surface area (Å²) >= 11 is 0. The molecule has 0 bridgehead atoms. The molecule has 1 atom stereocenters. The van der Waals surface area contributed by atoms with Crippen molar-refractivity contribution < 1.29 is 4.39 Å². The zero-order valence-corrected chi connectivity index (χ0v) is 11.9. The Balaban J connectivity index is 2.53. The topological polar surface area (TPSA) is 12.0 Å². The highest BCUT2D eigenvalue weighted by Crippen LogP contribution is 2.17. The van der Waals surface area contributed by atoms with Crippen molar-refractivity contribution in [1.82, 2.24) is 5.32 Å². The van der Waals surface area contributed by atoms with E-state index in [1.165, 1.54) is 18.9 Å². The van der Waals surface area contributed by atoms with Crippen molar-refractivity contribution in [2.24, 2.45) is 11.8 Å². The summed E-state index contributed by atoms with van der Waals surface area (Å²) in [5.74, 6) is 1.22. The first-order valence-corrected chi connectivity index (χ1v) is 7.07. The number of hydrogen-bond acceptors (Lipinski definition) is 1. The second-order valence-corrected chi connectivity index (χ2v) is 5.48. The van der Waals surface area contributed by atoms with E-state index in [1.54, 1.807) is 12.1 Å². The van der Waals surface area contributed by atoms with Crippen LogP contribution in [0.25, 0.3) is 0 Å². The predicted octanol–water partition coefficient (Wildman–Crippen LogP) is 4.03. The fourth-order valence-electron chi connectivity index (χ4n) is 2.19. The van der Waals surface area contributed by atoms with Crippen molar-refractivity contribution in [3.8, 4) is 0 Å². The van der Waals surface area contributed by atoms with Gasteiger partial charge in [0.25, 0.3) is 0 Å². The van der Waals surface area contributed by atoms with Gasteiger partial charge in [0.2, 0.25) is 0 Å². The van der Waals surface area contributed by atoms with Gasteiger partial charge in [-0.2, -0.15) is 0 Å². The molecule has 0 fully saturated rings. The van der Waals surface area contributed by atoms with E-state index in [-0.39, 0.29) is 5.82 Å². The van der Waals surface area contributed by atoms with E-state index in [2.05, 4.69) is 26.1 Å². The summed E-state index contributed by atoms with van der Waals surface area (Å²) in [6, 6.07) is 7.00. The zero-order valence-electron chi connectivity index (χ0n) is 11.9. The first-order valence-electron chi connectivity index (χ1n) is 7.07. The van der Waals surface area contributed by atoms with Crippen molar-refractivity contribution >= 4 is 0 Å². The third-order valence-corrected chi connectivity index (χ3v) is 3.25. The third-order valence-electron chi connectivity index (χ3n) is 3.25. The lowest BCUT2D eigenvalue weighted by molar-refractivity contribution is 0.401. The molecule has 0 radical (unpaired) electrons. The molecule has 0 aliphatic carbocycles. The van der Waals surface area contributed by atoms with Crippen LogP contribution >= 0.6 is 0 Å². The molecule has 1 nitrogen and oxygen atoms in total. The van der Waals surface area contributed by atoms with E-state index in [1.807, 2.05) is 6.07 Å². The van der Waals surface area contributed by atoms with Crippen molar-refractivity contribution in [2.45, 2.75) is 40.0 Å². The van der Waals surface area contributed by atoms with Crippen LogP contribution < -0.4 is 5.32 Å². The molecule has 102 valence electrons. The molecule has 2 heteroatoms. The summed E-state index contributed by atoms with van der Waals surface area (Å²) in [6.45, 7) is 8.67. The minimum absolute atomic E-state index is 0.126. The number of rotatable bonds is 8. The van der Waals surface area contributed by atoms with Gasteiger partial charge in [-0.3, -0.25) is 0 Å². The first-order chi connectivity index (χ1) is 8.61. The molecule has 1 aromatic carbocycles. The maximum atomic E-state index is 13.2. The largest absolute Gasteiger partial charge is 0.317 e. The summed E-state index contributed by atoms with van der Waals surface area (Å²) < 4.78 is 13.2. The predicted molar refractivity (Wildman–Crippen MR) is 76.2 cm³/mol. The first kappa shape index (κ1) is 15.2. The molecule has 18 heavy (non-hydrogen) atoms. The van der Waals surface area contributed by atoms with Gasteiger partial charge in [-0.25, -0.2) is 4.39 Å². The summed E-state index contributed by atoms with van der Waals surface area (Å²) in [5, 5.41) is 3.41. The number of hydrogen-bond donors (Lipinski definition) is 1. The Labute approximate surface area is 111 Å². The normalized spacial score (nSPS) is 12.9.